The second-order valence-electron chi connectivity index (χ2n) is 19.7. The van der Waals surface area contributed by atoms with Crippen LogP contribution in [0.25, 0.3) is 55.1 Å². The maximum atomic E-state index is 9.24. The molecule has 0 aliphatic rings. The number of benzene rings is 10. The van der Waals surface area contributed by atoms with E-state index in [1.165, 1.54) is 31.8 Å². The smallest absolute Gasteiger partial charge is 0 e. The predicted molar refractivity (Wildman–Crippen MR) is 388 cm³/mol. The van der Waals surface area contributed by atoms with E-state index in [0.717, 1.165) is 72.3 Å². The van der Waals surface area contributed by atoms with Crippen molar-refractivity contribution in [3.8, 4) is 11.3 Å². The molecule has 0 atom stereocenters. The summed E-state index contributed by atoms with van der Waals surface area (Å²) in [7, 11) is 7.23. The van der Waals surface area contributed by atoms with E-state index in [2.05, 4.69) is 219 Å². The van der Waals surface area contributed by atoms with Crippen LogP contribution >= 0.6 is 46.5 Å². The topological polar surface area (TPSA) is 165 Å². The normalized spacial score (nSPS) is 10.2. The zero-order chi connectivity index (χ0) is 64.3. The summed E-state index contributed by atoms with van der Waals surface area (Å²) in [5, 5.41) is 38.5. The number of fused-ring (bicyclic) bond motifs is 6. The zero-order valence-electron chi connectivity index (χ0n) is 51.8. The van der Waals surface area contributed by atoms with E-state index in [4.69, 9.17) is 49.5 Å². The number of halogens is 3. The molecule has 4 aromatic heterocycles. The van der Waals surface area contributed by atoms with Crippen LogP contribution in [-0.4, -0.2) is 108 Å². The molecule has 4 heterocycles. The van der Waals surface area contributed by atoms with Gasteiger partial charge in [0.25, 0.3) is 0 Å². The van der Waals surface area contributed by atoms with E-state index in [9.17, 15) is 10.0 Å². The van der Waals surface area contributed by atoms with E-state index in [-0.39, 0.29) is 81.5 Å². The molecule has 0 unspecified atom stereocenters. The Labute approximate surface area is 609 Å². The summed E-state index contributed by atoms with van der Waals surface area (Å²) in [5.41, 5.74) is 8.87. The second-order valence-corrected chi connectivity index (χ2v) is 26.9. The second kappa shape index (κ2) is 40.2. The predicted octanol–water partition coefficient (Wildman–Crippen LogP) is 14.8. The first kappa shape index (κ1) is 75.8. The van der Waals surface area contributed by atoms with Crippen molar-refractivity contribution in [1.82, 2.24) is 19.9 Å². The maximum absolute atomic E-state index is 9.24. The minimum Gasteiger partial charge on any atom is -0.0622 e. The number of rotatable bonds is 9. The molecule has 0 saturated heterocycles. The fourth-order valence-electron chi connectivity index (χ4n) is 9.71. The summed E-state index contributed by atoms with van der Waals surface area (Å²) < 4.78 is 11.7. The van der Waals surface area contributed by atoms with Crippen molar-refractivity contribution in [2.24, 2.45) is 0 Å². The molecule has 14 rings (SSSR count). The average Bonchev–Trinajstić information content (AvgIpc) is 1.68. The van der Waals surface area contributed by atoms with Crippen molar-refractivity contribution in [3.05, 3.63) is 307 Å². The molecule has 3 N–H and O–H groups in total. The summed E-state index contributed by atoms with van der Waals surface area (Å²) in [5.74, 6) is 0. The first-order valence-corrected chi connectivity index (χ1v) is 35.4. The Balaban J connectivity index is 0.000000182. The Morgan fingerprint density at radius 1 is 0.441 bits per heavy atom. The van der Waals surface area contributed by atoms with Crippen molar-refractivity contribution in [1.29, 1.82) is 0 Å². The van der Waals surface area contributed by atoms with E-state index >= 15 is 0 Å². The van der Waals surface area contributed by atoms with Crippen LogP contribution in [-0.2, 0) is 25.6 Å². The number of hydrogen-bond acceptors (Lipinski definition) is 11. The fraction of sp³-hybridized carbons (Fsp3) is 0.0548. The standard InChI is InChI=1S/C18H14N2O.2C18H15P.C12H9BO3.C6H7ClN2.CH2O3.2ClH.2Na.Pd/c1-11-10-19-17(12(2)20-11)15-8-5-7-14-13-6-3-4-9-16(13)21-18(14)15;2*1-4-10-16(11-5-1)19(17-12-6-2-7-13-17)18-14-8-3-9-15-18;14-13(15)10-6-3-5-9-8-4-1-2-7-11(8)16-12(9)10;1-4-3-8-6(7)5(2)9-4;2-1-4-3;;;;;/h3-10H,1-2H3;2*1-15H;1-7,14-15H;3H,1-2H3;1,3H;2*1H;;;/q;;;;;;;;;;+2/p-2. The molecular formula is C73H62BCl3N4Na2O7P2Pd. The Hall–Kier alpha value is -6.23. The molecule has 93 heavy (non-hydrogen) atoms. The molecule has 14 aromatic rings. The first-order chi connectivity index (χ1) is 44.4. The van der Waals surface area contributed by atoms with Crippen molar-refractivity contribution in [2.45, 2.75) is 27.7 Å². The van der Waals surface area contributed by atoms with Crippen molar-refractivity contribution in [3.63, 3.8) is 0 Å². The summed E-state index contributed by atoms with van der Waals surface area (Å²) in [6.45, 7) is 7.58. The van der Waals surface area contributed by atoms with Gasteiger partial charge >= 0.3 is 48.6 Å². The number of para-hydroxylation sites is 4. The number of aromatic nitrogens is 4. The minimum absolute atomic E-state index is 0. The van der Waals surface area contributed by atoms with Gasteiger partial charge in [-0.25, -0.2) is 10.2 Å². The molecule has 11 nitrogen and oxygen atoms in total. The minimum atomic E-state index is -1.51. The van der Waals surface area contributed by atoms with Crippen LogP contribution in [0.2, 0.25) is 5.15 Å². The molecule has 0 bridgehead atoms. The van der Waals surface area contributed by atoms with Gasteiger partial charge in [0.05, 0.1) is 28.5 Å². The van der Waals surface area contributed by atoms with Crippen LogP contribution in [0.4, 0.5) is 0 Å². The number of hydrogen-bond donors (Lipinski definition) is 3. The monoisotopic (exact) mass is 1440 g/mol. The maximum Gasteiger partial charge on any atom is 0 e. The van der Waals surface area contributed by atoms with Crippen LogP contribution < -0.4 is 37.3 Å². The van der Waals surface area contributed by atoms with Gasteiger partial charge < -0.3 is 23.8 Å². The number of aryl methyl sites for hydroxylation is 4. The molecule has 20 heteroatoms. The van der Waals surface area contributed by atoms with Gasteiger partial charge in [0.2, 0.25) is 0 Å². The number of nitrogens with zero attached hydrogens (tertiary/aromatic N) is 4. The molecule has 10 aromatic carbocycles. The number of carbonyl (C=O) groups excluding carboxylic acids is 1. The third-order valence-corrected chi connectivity index (χ3v) is 18.8. The Bertz CT molecular complexity index is 4210. The average molecular weight is 1440 g/mol. The molecule has 462 valence electrons. The molecule has 0 amide bonds. The van der Waals surface area contributed by atoms with E-state index in [1.54, 1.807) is 24.5 Å². The van der Waals surface area contributed by atoms with Gasteiger partial charge in [-0.3, -0.25) is 19.7 Å². The molecule has 0 fully saturated rings. The SMILES string of the molecule is Cc1cnc(-c2cccc3c2oc2ccccc23)c(C)n1.Cc1cnc(Cl)c(C)n1.O=COO.OB(O)c1cccc2c1oc1ccccc12.[Cl][Pd][Cl].[Na].[Na].c1ccc(P(c2ccccc2)c2ccccc2)cc1.c1ccc(P(c2ccccc2)c2ccccc2)cc1. The van der Waals surface area contributed by atoms with Crippen LogP contribution in [0, 0.1) is 27.7 Å². The van der Waals surface area contributed by atoms with Crippen molar-refractivity contribution >= 4 is 200 Å². The van der Waals surface area contributed by atoms with Gasteiger partial charge in [-0.15, -0.1) is 0 Å². The Kier molecular flexibility index (Phi) is 32.8. The molecule has 0 aliphatic heterocycles. The van der Waals surface area contributed by atoms with Crippen LogP contribution in [0.3, 0.4) is 0 Å². The van der Waals surface area contributed by atoms with Crippen LogP contribution in [0.1, 0.15) is 22.8 Å². The number of carbonyl (C=O) groups is 1. The summed E-state index contributed by atoms with van der Waals surface area (Å²) in [6, 6.07) is 91.9. The summed E-state index contributed by atoms with van der Waals surface area (Å²) >= 11 is 5.50. The number of furan rings is 2. The van der Waals surface area contributed by atoms with Crippen molar-refractivity contribution in [2.75, 3.05) is 0 Å². The van der Waals surface area contributed by atoms with Gasteiger partial charge in [0.15, 0.2) is 0 Å². The molecule has 0 spiro atoms. The van der Waals surface area contributed by atoms with E-state index in [0.29, 0.717) is 16.2 Å². The van der Waals surface area contributed by atoms with E-state index in [1.807, 2.05) is 88.4 Å². The van der Waals surface area contributed by atoms with E-state index < -0.39 is 23.0 Å². The van der Waals surface area contributed by atoms with Crippen LogP contribution in [0.5, 0.6) is 0 Å². The summed E-state index contributed by atoms with van der Waals surface area (Å²) in [4.78, 5) is 28.6. The first-order valence-electron chi connectivity index (χ1n) is 28.3. The zero-order valence-corrected chi connectivity index (χ0v) is 61.4. The summed E-state index contributed by atoms with van der Waals surface area (Å²) in [6.07, 6.45) is 3.44. The third-order valence-electron chi connectivity index (χ3n) is 13.6. The van der Waals surface area contributed by atoms with Gasteiger partial charge in [-0.2, -0.15) is 0 Å². The Morgan fingerprint density at radius 2 is 0.753 bits per heavy atom. The fourth-order valence-corrected chi connectivity index (χ4v) is 14.4. The van der Waals surface area contributed by atoms with Crippen molar-refractivity contribution < 1.29 is 49.8 Å². The van der Waals surface area contributed by atoms with Crippen LogP contribution in [0.15, 0.2) is 288 Å². The molecule has 0 saturated carbocycles. The third kappa shape index (κ3) is 21.6. The molecule has 0 aliphatic carbocycles. The van der Waals surface area contributed by atoms with Gasteiger partial charge in [0.1, 0.15) is 27.5 Å². The van der Waals surface area contributed by atoms with Gasteiger partial charge in [0, 0.05) is 104 Å². The molecule has 2 radical (unpaired) electrons. The largest absolute Gasteiger partial charge is 0.0622 e. The molecular weight excluding hydrogens is 1380 g/mol. The van der Waals surface area contributed by atoms with Gasteiger partial charge in [-0.1, -0.05) is 260 Å². The van der Waals surface area contributed by atoms with Gasteiger partial charge in [-0.05, 0) is 93.6 Å². The Morgan fingerprint density at radius 3 is 1.10 bits per heavy atom. The quantitative estimate of drug-likeness (QED) is 0.0414.